The van der Waals surface area contributed by atoms with Crippen molar-refractivity contribution in [3.8, 4) is 0 Å². The number of hydrogen-bond donors (Lipinski definition) is 0. The van der Waals surface area contributed by atoms with Crippen LogP contribution in [0.25, 0.3) is 0 Å². The monoisotopic (exact) mass is 627 g/mol. The fourth-order valence-electron chi connectivity index (χ4n) is 4.55. The summed E-state index contributed by atoms with van der Waals surface area (Å²) in [7, 11) is 11.4. The molecule has 0 radical (unpaired) electrons. The molecular weight excluding hydrogens is 595 g/mol. The Kier molecular flexibility index (Phi) is 13.3. The number of aromatic nitrogens is 3. The van der Waals surface area contributed by atoms with Crippen molar-refractivity contribution < 1.29 is 0 Å². The van der Waals surface area contributed by atoms with Crippen molar-refractivity contribution >= 4 is 64.8 Å². The highest BCUT2D eigenvalue weighted by Gasteiger charge is 2.22. The first-order chi connectivity index (χ1) is 19.2. The molecule has 39 heavy (non-hydrogen) atoms. The normalized spacial score (nSPS) is 11.2. The van der Waals surface area contributed by atoms with Crippen molar-refractivity contribution in [1.29, 1.82) is 0 Å². The van der Waals surface area contributed by atoms with Crippen LogP contribution in [0, 0.1) is 0 Å². The molecule has 4 rings (SSSR count). The summed E-state index contributed by atoms with van der Waals surface area (Å²) < 4.78 is 0. The molecular formula is C30H33N3S6. The molecule has 0 aliphatic carbocycles. The molecule has 0 saturated carbocycles. The molecule has 0 amide bonds. The molecule has 9 heteroatoms. The first-order valence-electron chi connectivity index (χ1n) is 13.0. The van der Waals surface area contributed by atoms with E-state index in [0.29, 0.717) is 0 Å². The van der Waals surface area contributed by atoms with Crippen LogP contribution in [0.4, 0.5) is 0 Å². The van der Waals surface area contributed by atoms with Gasteiger partial charge in [0.15, 0.2) is 0 Å². The minimum absolute atomic E-state index is 1.01. The van der Waals surface area contributed by atoms with E-state index < -0.39 is 0 Å². The Morgan fingerprint density at radius 1 is 0.410 bits per heavy atom. The van der Waals surface area contributed by atoms with Gasteiger partial charge in [-0.1, -0.05) is 85.5 Å². The maximum atomic E-state index is 4.17. The highest BCUT2D eigenvalue weighted by atomic mass is 33.1. The minimum atomic E-state index is 1.01. The maximum absolute atomic E-state index is 4.17. The zero-order valence-electron chi connectivity index (χ0n) is 22.5. The van der Waals surface area contributed by atoms with Crippen LogP contribution in [0.1, 0.15) is 54.2 Å². The predicted molar refractivity (Wildman–Crippen MR) is 179 cm³/mol. The van der Waals surface area contributed by atoms with E-state index in [4.69, 9.17) is 0 Å². The van der Waals surface area contributed by atoms with Crippen molar-refractivity contribution in [2.24, 2.45) is 0 Å². The Morgan fingerprint density at radius 2 is 0.667 bits per heavy atom. The van der Waals surface area contributed by atoms with Crippen molar-refractivity contribution in [2.75, 3.05) is 0 Å². The molecule has 0 unspecified atom stereocenters. The summed E-state index contributed by atoms with van der Waals surface area (Å²) >= 11 is 0. The lowest BCUT2D eigenvalue weighted by Gasteiger charge is -2.26. The average molecular weight is 628 g/mol. The van der Waals surface area contributed by atoms with E-state index in [1.54, 1.807) is 33.4 Å². The lowest BCUT2D eigenvalue weighted by molar-refractivity contribution is 0.948. The highest BCUT2D eigenvalue weighted by molar-refractivity contribution is 8.77. The third kappa shape index (κ3) is 8.88. The second-order valence-electron chi connectivity index (χ2n) is 8.52. The molecule has 0 saturated heterocycles. The van der Waals surface area contributed by atoms with Gasteiger partial charge in [-0.2, -0.15) is 0 Å². The summed E-state index contributed by atoms with van der Waals surface area (Å²) in [6.45, 7) is 6.99. The zero-order valence-corrected chi connectivity index (χ0v) is 27.4. The standard InChI is InChI=1S/C30H33N3S6/c1-4-25-28(19-34-37-22-7-13-31-14-8-22)26(5-2)30(21-36-39-24-11-17-33-18-12-24)27(6-3)29(25)20-35-38-23-9-15-32-16-10-23/h7-18H,4-6,19-21H2,1-3H3. The molecule has 0 aliphatic rings. The molecule has 204 valence electrons. The number of nitrogens with zero attached hydrogens (tertiary/aromatic N) is 3. The van der Waals surface area contributed by atoms with Crippen molar-refractivity contribution in [3.05, 3.63) is 107 Å². The van der Waals surface area contributed by atoms with Crippen LogP contribution in [-0.4, -0.2) is 15.0 Å². The SMILES string of the molecule is CCc1c(CSSc2ccncc2)c(CC)c(CSSc2ccncc2)c(CC)c1CSSc1ccncc1. The zero-order chi connectivity index (χ0) is 27.3. The topological polar surface area (TPSA) is 38.7 Å². The fourth-order valence-corrected chi connectivity index (χ4v) is 11.0. The predicted octanol–water partition coefficient (Wildman–Crippen LogP) is 10.4. The fraction of sp³-hybridized carbons (Fsp3) is 0.300. The minimum Gasteiger partial charge on any atom is -0.265 e. The summed E-state index contributed by atoms with van der Waals surface area (Å²) in [5.74, 6) is 3.02. The van der Waals surface area contributed by atoms with Gasteiger partial charge in [-0.3, -0.25) is 15.0 Å². The molecule has 0 spiro atoms. The third-order valence-electron chi connectivity index (χ3n) is 6.27. The van der Waals surface area contributed by atoms with Crippen LogP contribution >= 0.6 is 64.8 Å². The Hall–Kier alpha value is -1.23. The molecule has 0 atom stereocenters. The van der Waals surface area contributed by atoms with Crippen LogP contribution in [0.3, 0.4) is 0 Å². The lowest BCUT2D eigenvalue weighted by Crippen LogP contribution is -2.11. The quantitative estimate of drug-likeness (QED) is 0.120. The smallest absolute Gasteiger partial charge is 0.0297 e. The molecule has 0 bridgehead atoms. The van der Waals surface area contributed by atoms with Gasteiger partial charge in [0.2, 0.25) is 0 Å². The van der Waals surface area contributed by atoms with Gasteiger partial charge in [0.05, 0.1) is 0 Å². The van der Waals surface area contributed by atoms with E-state index in [-0.39, 0.29) is 0 Å². The molecule has 3 heterocycles. The Bertz CT molecular complexity index is 1110. The lowest BCUT2D eigenvalue weighted by atomic mass is 9.85. The van der Waals surface area contributed by atoms with Crippen molar-refractivity contribution in [2.45, 2.75) is 72.0 Å². The average Bonchev–Trinajstić information content (AvgIpc) is 2.99. The van der Waals surface area contributed by atoms with Gasteiger partial charge < -0.3 is 0 Å². The molecule has 3 aromatic heterocycles. The molecule has 0 N–H and O–H groups in total. The summed E-state index contributed by atoms with van der Waals surface area (Å²) in [5.41, 5.74) is 9.34. The number of benzene rings is 1. The summed E-state index contributed by atoms with van der Waals surface area (Å²) in [6, 6.07) is 12.6. The van der Waals surface area contributed by atoms with Crippen LogP contribution in [0.15, 0.2) is 88.3 Å². The second kappa shape index (κ2) is 16.9. The van der Waals surface area contributed by atoms with E-state index in [2.05, 4.69) is 72.1 Å². The Labute approximate surface area is 256 Å². The second-order valence-corrected chi connectivity index (χ2v) is 15.6. The van der Waals surface area contributed by atoms with E-state index in [0.717, 1.165) is 36.5 Å². The van der Waals surface area contributed by atoms with Gasteiger partial charge in [-0.05, 0) is 89.0 Å². The van der Waals surface area contributed by atoms with Gasteiger partial charge in [-0.15, -0.1) is 0 Å². The van der Waals surface area contributed by atoms with Crippen LogP contribution < -0.4 is 0 Å². The van der Waals surface area contributed by atoms with Gasteiger partial charge in [0.1, 0.15) is 0 Å². The Balaban J connectivity index is 1.64. The molecule has 0 aliphatic heterocycles. The molecule has 3 nitrogen and oxygen atoms in total. The highest BCUT2D eigenvalue weighted by Crippen LogP contribution is 2.43. The van der Waals surface area contributed by atoms with Crippen LogP contribution in [-0.2, 0) is 36.5 Å². The first-order valence-corrected chi connectivity index (χ1v) is 20.0. The summed E-state index contributed by atoms with van der Waals surface area (Å²) in [6.07, 6.45) is 14.4. The van der Waals surface area contributed by atoms with Gasteiger partial charge in [-0.25, -0.2) is 0 Å². The van der Waals surface area contributed by atoms with Crippen molar-refractivity contribution in [1.82, 2.24) is 15.0 Å². The van der Waals surface area contributed by atoms with E-state index in [1.807, 2.05) is 102 Å². The first kappa shape index (κ1) is 30.7. The molecule has 0 fully saturated rings. The molecule has 4 aromatic rings. The Morgan fingerprint density at radius 3 is 0.897 bits per heavy atom. The van der Waals surface area contributed by atoms with Gasteiger partial charge in [0.25, 0.3) is 0 Å². The van der Waals surface area contributed by atoms with E-state index in [9.17, 15) is 0 Å². The largest absolute Gasteiger partial charge is 0.265 e. The third-order valence-corrected chi connectivity index (χ3v) is 13.1. The van der Waals surface area contributed by atoms with Crippen molar-refractivity contribution in [3.63, 3.8) is 0 Å². The van der Waals surface area contributed by atoms with Gasteiger partial charge in [0, 0.05) is 69.1 Å². The summed E-state index contributed by atoms with van der Waals surface area (Å²) in [4.78, 5) is 16.3. The summed E-state index contributed by atoms with van der Waals surface area (Å²) in [5, 5.41) is 0. The van der Waals surface area contributed by atoms with Crippen LogP contribution in [0.2, 0.25) is 0 Å². The number of rotatable bonds is 15. The molecule has 1 aromatic carbocycles. The van der Waals surface area contributed by atoms with E-state index in [1.165, 1.54) is 14.7 Å². The number of pyridine rings is 3. The maximum Gasteiger partial charge on any atom is 0.0297 e. The number of hydrogen-bond acceptors (Lipinski definition) is 9. The van der Waals surface area contributed by atoms with Crippen LogP contribution in [0.5, 0.6) is 0 Å². The van der Waals surface area contributed by atoms with Gasteiger partial charge >= 0.3 is 0 Å². The van der Waals surface area contributed by atoms with E-state index >= 15 is 0 Å².